The molecule has 18 heavy (non-hydrogen) atoms. The van der Waals surface area contributed by atoms with E-state index >= 15 is 0 Å². The van der Waals surface area contributed by atoms with Crippen molar-refractivity contribution in [1.82, 2.24) is 29.4 Å². The molecule has 0 aliphatic rings. The molecule has 8 nitrogen and oxygen atoms in total. The monoisotopic (exact) mass is 245 g/mol. The summed E-state index contributed by atoms with van der Waals surface area (Å²) in [6.45, 7) is 1.90. The van der Waals surface area contributed by atoms with Gasteiger partial charge >= 0.3 is 5.69 Å². The van der Waals surface area contributed by atoms with Crippen LogP contribution >= 0.6 is 0 Å². The summed E-state index contributed by atoms with van der Waals surface area (Å²) < 4.78 is 3.05. The van der Waals surface area contributed by atoms with Crippen LogP contribution in [-0.2, 0) is 7.05 Å². The number of H-pyrrole nitrogens is 1. The summed E-state index contributed by atoms with van der Waals surface area (Å²) in [5, 5.41) is 13.6. The molecule has 92 valence electrons. The fourth-order valence-corrected chi connectivity index (χ4v) is 1.74. The van der Waals surface area contributed by atoms with Crippen molar-refractivity contribution in [2.45, 2.75) is 6.92 Å². The van der Waals surface area contributed by atoms with E-state index < -0.39 is 0 Å². The maximum atomic E-state index is 11.3. The number of fused-ring (bicyclic) bond motifs is 1. The topological polar surface area (TPSA) is 92.9 Å². The van der Waals surface area contributed by atoms with Crippen LogP contribution in [0.5, 0.6) is 0 Å². The Kier molecular flexibility index (Phi) is 2.15. The number of anilines is 2. The number of nitrogens with one attached hydrogen (secondary N) is 2. The third-order valence-electron chi connectivity index (χ3n) is 2.59. The number of aromatic nitrogens is 6. The molecule has 0 atom stereocenters. The van der Waals surface area contributed by atoms with E-state index in [1.807, 2.05) is 20.2 Å². The fraction of sp³-hybridized carbons (Fsp3) is 0.200. The van der Waals surface area contributed by atoms with Crippen molar-refractivity contribution in [3.8, 4) is 0 Å². The second kappa shape index (κ2) is 3.69. The van der Waals surface area contributed by atoms with Gasteiger partial charge in [-0.2, -0.15) is 10.2 Å². The number of aryl methyl sites for hydroxylation is 2. The molecule has 0 saturated heterocycles. The molecular formula is C10H11N7O. The Hall–Kier alpha value is -2.64. The van der Waals surface area contributed by atoms with Crippen molar-refractivity contribution < 1.29 is 0 Å². The highest BCUT2D eigenvalue weighted by Gasteiger charge is 2.06. The third kappa shape index (κ3) is 1.63. The Balaban J connectivity index is 2.00. The van der Waals surface area contributed by atoms with E-state index in [1.165, 1.54) is 10.7 Å². The lowest BCUT2D eigenvalue weighted by molar-refractivity contribution is 0.756. The van der Waals surface area contributed by atoms with Crippen LogP contribution in [0, 0.1) is 6.92 Å². The molecule has 3 aromatic heterocycles. The van der Waals surface area contributed by atoms with Crippen molar-refractivity contribution in [2.75, 3.05) is 5.32 Å². The molecule has 0 aliphatic carbocycles. The Bertz CT molecular complexity index is 766. The zero-order chi connectivity index (χ0) is 12.7. The molecule has 0 spiro atoms. The molecular weight excluding hydrogens is 234 g/mol. The normalized spacial score (nSPS) is 11.0. The van der Waals surface area contributed by atoms with E-state index in [-0.39, 0.29) is 5.69 Å². The zero-order valence-electron chi connectivity index (χ0n) is 9.88. The predicted molar refractivity (Wildman–Crippen MR) is 64.8 cm³/mol. The first-order chi connectivity index (χ1) is 8.63. The minimum atomic E-state index is -0.304. The van der Waals surface area contributed by atoms with E-state index in [0.29, 0.717) is 11.5 Å². The van der Waals surface area contributed by atoms with Crippen molar-refractivity contribution in [1.29, 1.82) is 0 Å². The van der Waals surface area contributed by atoms with Crippen LogP contribution in [0.15, 0.2) is 23.4 Å². The summed E-state index contributed by atoms with van der Waals surface area (Å²) in [5.74, 6) is 0.609. The number of hydrogen-bond acceptors (Lipinski definition) is 5. The first-order valence-corrected chi connectivity index (χ1v) is 5.33. The molecule has 3 rings (SSSR count). The molecule has 0 aromatic carbocycles. The summed E-state index contributed by atoms with van der Waals surface area (Å²) in [7, 11) is 1.85. The van der Waals surface area contributed by atoms with Gasteiger partial charge in [-0.25, -0.2) is 19.3 Å². The molecule has 0 saturated carbocycles. The van der Waals surface area contributed by atoms with Gasteiger partial charge in [0.05, 0.1) is 11.4 Å². The van der Waals surface area contributed by atoms with Crippen molar-refractivity contribution in [3.63, 3.8) is 0 Å². The van der Waals surface area contributed by atoms with Gasteiger partial charge in [0.15, 0.2) is 5.65 Å². The van der Waals surface area contributed by atoms with Crippen LogP contribution in [0.1, 0.15) is 5.69 Å². The van der Waals surface area contributed by atoms with Crippen LogP contribution in [0.3, 0.4) is 0 Å². The van der Waals surface area contributed by atoms with Gasteiger partial charge in [-0.15, -0.1) is 0 Å². The molecule has 0 bridgehead atoms. The highest BCUT2D eigenvalue weighted by atomic mass is 16.1. The largest absolute Gasteiger partial charge is 0.348 e. The van der Waals surface area contributed by atoms with Gasteiger partial charge in [-0.05, 0) is 6.92 Å². The van der Waals surface area contributed by atoms with Gasteiger partial charge in [0.2, 0.25) is 0 Å². The highest BCUT2D eigenvalue weighted by Crippen LogP contribution is 2.17. The van der Waals surface area contributed by atoms with Gasteiger partial charge in [-0.1, -0.05) is 0 Å². The average molecular weight is 245 g/mol. The molecule has 0 radical (unpaired) electrons. The van der Waals surface area contributed by atoms with Crippen LogP contribution < -0.4 is 11.0 Å². The Morgan fingerprint density at radius 2 is 2.28 bits per heavy atom. The number of aromatic amines is 1. The Labute approximate surface area is 101 Å². The standard InChI is InChI=1S/C10H11N7O/c1-6-7(4-16(2)15-6)12-8-3-9-13-14-10(18)17(9)5-11-8/h3-5,12H,1-2H3,(H,14,18). The van der Waals surface area contributed by atoms with E-state index in [4.69, 9.17) is 0 Å². The third-order valence-corrected chi connectivity index (χ3v) is 2.59. The predicted octanol–water partition coefficient (Wildman–Crippen LogP) is 0.203. The van der Waals surface area contributed by atoms with E-state index in [9.17, 15) is 4.79 Å². The van der Waals surface area contributed by atoms with Crippen molar-refractivity contribution >= 4 is 17.2 Å². The fourth-order valence-electron chi connectivity index (χ4n) is 1.74. The van der Waals surface area contributed by atoms with Crippen molar-refractivity contribution in [3.05, 3.63) is 34.8 Å². The SMILES string of the molecule is Cc1nn(C)cc1Nc1cc2n[nH]c(=O)n2cn1. The second-order valence-corrected chi connectivity index (χ2v) is 3.96. The maximum Gasteiger partial charge on any atom is 0.348 e. The quantitative estimate of drug-likeness (QED) is 0.673. The molecule has 0 aliphatic heterocycles. The molecule has 2 N–H and O–H groups in total. The van der Waals surface area contributed by atoms with Crippen LogP contribution in [0.25, 0.3) is 5.65 Å². The lowest BCUT2D eigenvalue weighted by Gasteiger charge is -2.02. The minimum absolute atomic E-state index is 0.304. The van der Waals surface area contributed by atoms with Crippen LogP contribution in [0.2, 0.25) is 0 Å². The molecule has 0 amide bonds. The number of hydrogen-bond donors (Lipinski definition) is 2. The molecule has 3 aromatic rings. The lowest BCUT2D eigenvalue weighted by atomic mass is 10.4. The maximum absolute atomic E-state index is 11.3. The summed E-state index contributed by atoms with van der Waals surface area (Å²) >= 11 is 0. The lowest BCUT2D eigenvalue weighted by Crippen LogP contribution is -2.09. The highest BCUT2D eigenvalue weighted by molar-refractivity contribution is 5.60. The van der Waals surface area contributed by atoms with Gasteiger partial charge in [0, 0.05) is 19.3 Å². The molecule has 3 heterocycles. The number of nitrogens with zero attached hydrogens (tertiary/aromatic N) is 5. The van der Waals surface area contributed by atoms with Crippen molar-refractivity contribution in [2.24, 2.45) is 7.05 Å². The second-order valence-electron chi connectivity index (χ2n) is 3.96. The zero-order valence-corrected chi connectivity index (χ0v) is 9.88. The number of rotatable bonds is 2. The Morgan fingerprint density at radius 1 is 1.44 bits per heavy atom. The van der Waals surface area contributed by atoms with Gasteiger partial charge in [-0.3, -0.25) is 4.68 Å². The first kappa shape index (κ1) is 10.5. The van der Waals surface area contributed by atoms with Gasteiger partial charge in [0.25, 0.3) is 0 Å². The smallest absolute Gasteiger partial charge is 0.337 e. The summed E-state index contributed by atoms with van der Waals surface area (Å²) in [4.78, 5) is 15.4. The van der Waals surface area contributed by atoms with Gasteiger partial charge < -0.3 is 5.32 Å². The van der Waals surface area contributed by atoms with Crippen LogP contribution in [-0.4, -0.2) is 29.4 Å². The molecule has 0 fully saturated rings. The average Bonchev–Trinajstić information content (AvgIpc) is 2.84. The molecule has 8 heteroatoms. The summed E-state index contributed by atoms with van der Waals surface area (Å²) in [5.41, 5.74) is 1.95. The van der Waals surface area contributed by atoms with E-state index in [1.54, 1.807) is 10.7 Å². The minimum Gasteiger partial charge on any atom is -0.337 e. The van der Waals surface area contributed by atoms with Crippen LogP contribution in [0.4, 0.5) is 11.5 Å². The van der Waals surface area contributed by atoms with E-state index in [0.717, 1.165) is 11.4 Å². The van der Waals surface area contributed by atoms with Gasteiger partial charge in [0.1, 0.15) is 12.1 Å². The summed E-state index contributed by atoms with van der Waals surface area (Å²) in [6, 6.07) is 1.68. The Morgan fingerprint density at radius 3 is 3.00 bits per heavy atom. The van der Waals surface area contributed by atoms with E-state index in [2.05, 4.69) is 25.6 Å². The molecule has 0 unspecified atom stereocenters. The first-order valence-electron chi connectivity index (χ1n) is 5.33. The summed E-state index contributed by atoms with van der Waals surface area (Å²) in [6.07, 6.45) is 3.28.